The summed E-state index contributed by atoms with van der Waals surface area (Å²) in [6, 6.07) is 11.6. The van der Waals surface area contributed by atoms with Crippen molar-refractivity contribution in [2.75, 3.05) is 12.4 Å². The third-order valence-corrected chi connectivity index (χ3v) is 4.47. The van der Waals surface area contributed by atoms with Crippen molar-refractivity contribution < 1.29 is 17.9 Å². The largest absolute Gasteiger partial charge is 0.467 e. The zero-order valence-electron chi connectivity index (χ0n) is 15.9. The van der Waals surface area contributed by atoms with Gasteiger partial charge in [0.05, 0.1) is 23.5 Å². The van der Waals surface area contributed by atoms with Crippen molar-refractivity contribution in [2.45, 2.75) is 12.7 Å². The Hall–Kier alpha value is -3.26. The number of benzene rings is 2. The zero-order valence-corrected chi connectivity index (χ0v) is 16.7. The van der Waals surface area contributed by atoms with Gasteiger partial charge in [0.25, 0.3) is 0 Å². The van der Waals surface area contributed by atoms with Crippen molar-refractivity contribution in [1.29, 1.82) is 0 Å². The highest BCUT2D eigenvalue weighted by Crippen LogP contribution is 2.36. The van der Waals surface area contributed by atoms with Gasteiger partial charge in [0.2, 0.25) is 0 Å². The molecule has 1 heterocycles. The molecule has 5 nitrogen and oxygen atoms in total. The minimum Gasteiger partial charge on any atom is -0.467 e. The molecule has 0 saturated heterocycles. The summed E-state index contributed by atoms with van der Waals surface area (Å²) in [7, 11) is 1.50. The summed E-state index contributed by atoms with van der Waals surface area (Å²) in [6.45, 7) is 4.22. The lowest BCUT2D eigenvalue weighted by Gasteiger charge is -2.15. The summed E-state index contributed by atoms with van der Waals surface area (Å²) in [5, 5.41) is 5.50. The lowest BCUT2D eigenvalue weighted by molar-refractivity contribution is -0.137. The predicted octanol–water partition coefficient (Wildman–Crippen LogP) is 5.50. The summed E-state index contributed by atoms with van der Waals surface area (Å²) >= 11 is 5.64. The third kappa shape index (κ3) is 5.42. The highest BCUT2D eigenvalue weighted by atomic mass is 35.5. The highest BCUT2D eigenvalue weighted by molar-refractivity contribution is 6.31. The van der Waals surface area contributed by atoms with Crippen molar-refractivity contribution in [3.63, 3.8) is 0 Å². The van der Waals surface area contributed by atoms with Gasteiger partial charge in [0.1, 0.15) is 0 Å². The Morgan fingerprint density at radius 1 is 1.10 bits per heavy atom. The van der Waals surface area contributed by atoms with Crippen LogP contribution >= 0.6 is 11.6 Å². The third-order valence-electron chi connectivity index (χ3n) is 4.14. The van der Waals surface area contributed by atoms with Crippen LogP contribution in [0.25, 0.3) is 11.1 Å². The molecule has 0 spiro atoms. The lowest BCUT2D eigenvalue weighted by Crippen LogP contribution is -2.18. The first-order valence-corrected chi connectivity index (χ1v) is 9.16. The molecule has 0 saturated carbocycles. The van der Waals surface area contributed by atoms with Crippen molar-refractivity contribution in [3.8, 4) is 17.1 Å². The van der Waals surface area contributed by atoms with Crippen LogP contribution in [0, 0.1) is 0 Å². The Balaban J connectivity index is 1.64. The molecule has 0 amide bonds. The Morgan fingerprint density at radius 3 is 2.50 bits per heavy atom. The molecule has 0 bridgehead atoms. The van der Waals surface area contributed by atoms with Gasteiger partial charge >= 0.3 is 12.2 Å². The number of anilines is 1. The Kier molecular flexibility index (Phi) is 6.47. The fraction of sp³-hybridized carbons (Fsp3) is 0.143. The molecule has 0 aliphatic rings. The second-order valence-corrected chi connectivity index (χ2v) is 6.72. The van der Waals surface area contributed by atoms with E-state index in [-0.39, 0.29) is 16.7 Å². The molecular formula is C21H18ClF3N4O. The fourth-order valence-electron chi connectivity index (χ4n) is 2.68. The Morgan fingerprint density at radius 2 is 1.83 bits per heavy atom. The predicted molar refractivity (Wildman–Crippen MR) is 110 cm³/mol. The van der Waals surface area contributed by atoms with Crippen molar-refractivity contribution in [1.82, 2.24) is 15.3 Å². The summed E-state index contributed by atoms with van der Waals surface area (Å²) in [5.41, 5.74) is 2.02. The van der Waals surface area contributed by atoms with Gasteiger partial charge in [-0.2, -0.15) is 13.2 Å². The number of nitrogens with one attached hydrogen (secondary N) is 2. The van der Waals surface area contributed by atoms with E-state index in [0.717, 1.165) is 22.8 Å². The number of aromatic nitrogens is 2. The molecule has 1 aromatic heterocycles. The summed E-state index contributed by atoms with van der Waals surface area (Å²) in [6.07, 6.45) is -1.20. The maximum atomic E-state index is 13.0. The molecule has 30 heavy (non-hydrogen) atoms. The number of hydrogen-bond acceptors (Lipinski definition) is 5. The van der Waals surface area contributed by atoms with Crippen molar-refractivity contribution >= 4 is 17.3 Å². The van der Waals surface area contributed by atoms with Crippen LogP contribution in [0.15, 0.2) is 67.3 Å². The molecule has 3 rings (SSSR count). The molecule has 0 aliphatic heterocycles. The number of nitrogens with zero attached hydrogens (tertiary/aromatic N) is 2. The van der Waals surface area contributed by atoms with Crippen LogP contribution in [0.2, 0.25) is 5.02 Å². The van der Waals surface area contributed by atoms with Gasteiger partial charge in [-0.15, -0.1) is 0 Å². The van der Waals surface area contributed by atoms with Gasteiger partial charge in [-0.3, -0.25) is 0 Å². The van der Waals surface area contributed by atoms with Crippen LogP contribution < -0.4 is 15.4 Å². The molecule has 0 unspecified atom stereocenters. The van der Waals surface area contributed by atoms with Gasteiger partial charge in [0.15, 0.2) is 0 Å². The van der Waals surface area contributed by atoms with Crippen molar-refractivity contribution in [3.05, 3.63) is 83.4 Å². The van der Waals surface area contributed by atoms with Crippen LogP contribution in [0.4, 0.5) is 18.9 Å². The van der Waals surface area contributed by atoms with Crippen LogP contribution in [-0.2, 0) is 12.7 Å². The van der Waals surface area contributed by atoms with E-state index >= 15 is 0 Å². The first kappa shape index (κ1) is 21.4. The van der Waals surface area contributed by atoms with E-state index in [1.807, 2.05) is 24.3 Å². The summed E-state index contributed by atoms with van der Waals surface area (Å²) in [5.74, 6) is 0.351. The van der Waals surface area contributed by atoms with Crippen LogP contribution in [-0.4, -0.2) is 17.1 Å². The second kappa shape index (κ2) is 9.04. The van der Waals surface area contributed by atoms with E-state index in [2.05, 4.69) is 27.2 Å². The van der Waals surface area contributed by atoms with Gasteiger partial charge in [-0.1, -0.05) is 36.4 Å². The van der Waals surface area contributed by atoms with E-state index in [1.165, 1.54) is 19.2 Å². The average molecular weight is 435 g/mol. The molecular weight excluding hydrogens is 417 g/mol. The maximum absolute atomic E-state index is 13.0. The molecule has 2 aromatic carbocycles. The van der Waals surface area contributed by atoms with Crippen LogP contribution in [0.3, 0.4) is 0 Å². The smallest absolute Gasteiger partial charge is 0.417 e. The van der Waals surface area contributed by atoms with E-state index in [1.54, 1.807) is 12.4 Å². The highest BCUT2D eigenvalue weighted by Gasteiger charge is 2.33. The normalized spacial score (nSPS) is 11.1. The second-order valence-electron chi connectivity index (χ2n) is 6.31. The van der Waals surface area contributed by atoms with E-state index in [0.29, 0.717) is 12.4 Å². The zero-order chi connectivity index (χ0) is 21.7. The molecule has 0 radical (unpaired) electrons. The maximum Gasteiger partial charge on any atom is 0.417 e. The van der Waals surface area contributed by atoms with E-state index < -0.39 is 11.7 Å². The number of alkyl halides is 3. The number of hydrogen-bond donors (Lipinski definition) is 2. The van der Waals surface area contributed by atoms with Crippen LogP contribution in [0.5, 0.6) is 6.01 Å². The monoisotopic (exact) mass is 434 g/mol. The first-order valence-electron chi connectivity index (χ1n) is 8.78. The quantitative estimate of drug-likeness (QED) is 0.514. The minimum atomic E-state index is -4.53. The Bertz CT molecular complexity index is 1040. The Labute approximate surface area is 176 Å². The van der Waals surface area contributed by atoms with Gasteiger partial charge in [-0.25, -0.2) is 9.97 Å². The standard InChI is InChI=1S/C21H18ClF3N4O/c1-13(29-17-6-7-19(22)18(9-17)21(23,24)25)26-10-14-4-3-5-15(8-14)16-11-27-20(30-2)28-12-16/h3-9,11-12,26,29H,1,10H2,2H3. The molecule has 9 heteroatoms. The van der Waals surface area contributed by atoms with E-state index in [9.17, 15) is 13.2 Å². The van der Waals surface area contributed by atoms with Gasteiger partial charge < -0.3 is 15.4 Å². The molecule has 156 valence electrons. The molecule has 0 atom stereocenters. The minimum absolute atomic E-state index is 0.230. The number of methoxy groups -OCH3 is 1. The first-order chi connectivity index (χ1) is 14.3. The topological polar surface area (TPSA) is 59.1 Å². The van der Waals surface area contributed by atoms with Gasteiger partial charge in [-0.05, 0) is 35.4 Å². The fourth-order valence-corrected chi connectivity index (χ4v) is 2.90. The number of rotatable bonds is 7. The molecule has 0 fully saturated rings. The number of ether oxygens (including phenoxy) is 1. The average Bonchev–Trinajstić information content (AvgIpc) is 2.73. The van der Waals surface area contributed by atoms with E-state index in [4.69, 9.17) is 16.3 Å². The summed E-state index contributed by atoms with van der Waals surface area (Å²) < 4.78 is 43.9. The lowest BCUT2D eigenvalue weighted by atomic mass is 10.1. The van der Waals surface area contributed by atoms with Gasteiger partial charge in [0, 0.05) is 30.2 Å². The molecule has 0 aliphatic carbocycles. The molecule has 3 aromatic rings. The van der Waals surface area contributed by atoms with Crippen molar-refractivity contribution in [2.24, 2.45) is 0 Å². The summed E-state index contributed by atoms with van der Waals surface area (Å²) in [4.78, 5) is 8.18. The van der Waals surface area contributed by atoms with Crippen LogP contribution in [0.1, 0.15) is 11.1 Å². The SMILES string of the molecule is C=C(NCc1cccc(-c2cnc(OC)nc2)c1)Nc1ccc(Cl)c(C(F)(F)F)c1. The molecule has 2 N–H and O–H groups in total. The number of halogens is 4.